The van der Waals surface area contributed by atoms with Gasteiger partial charge in [-0.05, 0) is 19.3 Å². The number of nitrogens with zero attached hydrogens (tertiary/aromatic N) is 1. The molecule has 0 spiro atoms. The summed E-state index contributed by atoms with van der Waals surface area (Å²) in [6.07, 6.45) is 1.99. The molecule has 104 valence electrons. The summed E-state index contributed by atoms with van der Waals surface area (Å²) < 4.78 is 4.55. The number of hydrogen-bond donors (Lipinski definition) is 2. The van der Waals surface area contributed by atoms with Gasteiger partial charge in [-0.15, -0.1) is 0 Å². The first-order valence-corrected chi connectivity index (χ1v) is 6.40. The van der Waals surface area contributed by atoms with E-state index in [1.54, 1.807) is 4.90 Å². The Morgan fingerprint density at radius 2 is 2.00 bits per heavy atom. The smallest absolute Gasteiger partial charge is 0.408 e. The van der Waals surface area contributed by atoms with Gasteiger partial charge in [0.25, 0.3) is 5.91 Å². The largest absolute Gasteiger partial charge is 0.453 e. The molecule has 0 aromatic heterocycles. The zero-order chi connectivity index (χ0) is 13.8. The highest BCUT2D eigenvalue weighted by Crippen LogP contribution is 2.21. The van der Waals surface area contributed by atoms with Crippen LogP contribution >= 0.6 is 0 Å². The Bertz CT molecular complexity index is 316. The number of nitrogens with two attached hydrogens (primary N) is 1. The summed E-state index contributed by atoms with van der Waals surface area (Å²) in [6, 6.07) is 0. The van der Waals surface area contributed by atoms with E-state index in [0.29, 0.717) is 19.5 Å². The quantitative estimate of drug-likeness (QED) is 0.725. The summed E-state index contributed by atoms with van der Waals surface area (Å²) in [4.78, 5) is 25.5. The van der Waals surface area contributed by atoms with Gasteiger partial charge in [-0.3, -0.25) is 10.1 Å². The molecule has 1 rings (SSSR count). The van der Waals surface area contributed by atoms with E-state index in [-0.39, 0.29) is 11.8 Å². The number of nitrogens with one attached hydrogen (secondary N) is 1. The van der Waals surface area contributed by atoms with Crippen molar-refractivity contribution in [2.75, 3.05) is 20.2 Å². The summed E-state index contributed by atoms with van der Waals surface area (Å²) >= 11 is 0. The first kappa shape index (κ1) is 14.8. The zero-order valence-electron chi connectivity index (χ0n) is 11.4. The van der Waals surface area contributed by atoms with Crippen molar-refractivity contribution in [3.63, 3.8) is 0 Å². The van der Waals surface area contributed by atoms with E-state index in [2.05, 4.69) is 10.1 Å². The molecule has 3 N–H and O–H groups in total. The van der Waals surface area contributed by atoms with Crippen LogP contribution in [-0.2, 0) is 9.53 Å². The lowest BCUT2D eigenvalue weighted by atomic mass is 9.91. The van der Waals surface area contributed by atoms with Crippen molar-refractivity contribution in [2.45, 2.75) is 38.8 Å². The highest BCUT2D eigenvalue weighted by molar-refractivity contribution is 5.89. The molecule has 2 amide bonds. The van der Waals surface area contributed by atoms with Gasteiger partial charge in [0.1, 0.15) is 0 Å². The van der Waals surface area contributed by atoms with Gasteiger partial charge in [-0.1, -0.05) is 13.8 Å². The molecule has 1 heterocycles. The van der Waals surface area contributed by atoms with Crippen molar-refractivity contribution in [3.05, 3.63) is 0 Å². The average Bonchev–Trinajstić information content (AvgIpc) is 2.90. The Hall–Kier alpha value is -1.30. The standard InChI is InChI=1S/C12H23N3O3/c1-4-9(2)12(13,14-11(17)18-3)10(16)15-7-5-6-8-15/h9H,4-8,13H2,1-3H3,(H,14,17)/t9?,12-/m0/s1. The van der Waals surface area contributed by atoms with E-state index in [9.17, 15) is 9.59 Å². The number of ether oxygens (including phenoxy) is 1. The second-order valence-electron chi connectivity index (χ2n) is 4.79. The topological polar surface area (TPSA) is 84.7 Å². The van der Waals surface area contributed by atoms with Gasteiger partial charge in [-0.2, -0.15) is 0 Å². The van der Waals surface area contributed by atoms with Gasteiger partial charge in [0.2, 0.25) is 0 Å². The van der Waals surface area contributed by atoms with Gasteiger partial charge in [0.15, 0.2) is 5.66 Å². The maximum Gasteiger partial charge on any atom is 0.408 e. The number of rotatable bonds is 4. The molecule has 0 aliphatic carbocycles. The lowest BCUT2D eigenvalue weighted by Gasteiger charge is -2.36. The minimum Gasteiger partial charge on any atom is -0.453 e. The van der Waals surface area contributed by atoms with E-state index < -0.39 is 11.8 Å². The van der Waals surface area contributed by atoms with Crippen molar-refractivity contribution >= 4 is 12.0 Å². The van der Waals surface area contributed by atoms with Gasteiger partial charge in [0.05, 0.1) is 7.11 Å². The predicted octanol–water partition coefficient (Wildman–Crippen LogP) is 0.666. The van der Waals surface area contributed by atoms with Crippen LogP contribution < -0.4 is 11.1 Å². The van der Waals surface area contributed by atoms with E-state index >= 15 is 0 Å². The molecule has 6 heteroatoms. The summed E-state index contributed by atoms with van der Waals surface area (Å²) in [5.41, 5.74) is 4.77. The maximum atomic E-state index is 12.4. The Morgan fingerprint density at radius 3 is 2.44 bits per heavy atom. The van der Waals surface area contributed by atoms with Gasteiger partial charge < -0.3 is 15.4 Å². The zero-order valence-corrected chi connectivity index (χ0v) is 11.4. The number of methoxy groups -OCH3 is 1. The number of carbonyl (C=O) groups is 2. The predicted molar refractivity (Wildman–Crippen MR) is 67.7 cm³/mol. The Morgan fingerprint density at radius 1 is 1.44 bits per heavy atom. The minimum atomic E-state index is -1.38. The summed E-state index contributed by atoms with van der Waals surface area (Å²) in [5.74, 6) is -0.385. The SMILES string of the molecule is CCC(C)[C@](N)(NC(=O)OC)C(=O)N1CCCC1. The monoisotopic (exact) mass is 257 g/mol. The number of hydrogen-bond acceptors (Lipinski definition) is 4. The van der Waals surface area contributed by atoms with E-state index in [4.69, 9.17) is 5.73 Å². The Labute approximate surface area is 108 Å². The fraction of sp³-hybridized carbons (Fsp3) is 0.833. The van der Waals surface area contributed by atoms with Crippen molar-refractivity contribution in [2.24, 2.45) is 11.7 Å². The number of carbonyl (C=O) groups excluding carboxylic acids is 2. The first-order valence-electron chi connectivity index (χ1n) is 6.40. The molecule has 0 bridgehead atoms. The maximum absolute atomic E-state index is 12.4. The molecule has 0 aromatic carbocycles. The van der Waals surface area contributed by atoms with Gasteiger partial charge >= 0.3 is 6.09 Å². The molecule has 1 saturated heterocycles. The first-order chi connectivity index (χ1) is 8.45. The van der Waals surface area contributed by atoms with Crippen LogP contribution in [0, 0.1) is 5.92 Å². The molecular formula is C12H23N3O3. The molecule has 0 radical (unpaired) electrons. The molecule has 0 aromatic rings. The molecule has 18 heavy (non-hydrogen) atoms. The number of alkyl carbamates (subject to hydrolysis) is 1. The third-order valence-corrected chi connectivity index (χ3v) is 3.63. The van der Waals surface area contributed by atoms with E-state index in [1.165, 1.54) is 7.11 Å². The van der Waals surface area contributed by atoms with Crippen LogP contribution in [0.2, 0.25) is 0 Å². The van der Waals surface area contributed by atoms with Gasteiger partial charge in [0, 0.05) is 19.0 Å². The third-order valence-electron chi connectivity index (χ3n) is 3.63. The molecule has 1 aliphatic heterocycles. The van der Waals surface area contributed by atoms with Crippen LogP contribution in [0.5, 0.6) is 0 Å². The second kappa shape index (κ2) is 6.04. The van der Waals surface area contributed by atoms with Crippen LogP contribution in [0.4, 0.5) is 4.79 Å². The normalized spacial score (nSPS) is 20.1. The fourth-order valence-electron chi connectivity index (χ4n) is 2.11. The molecule has 1 unspecified atom stereocenters. The highest BCUT2D eigenvalue weighted by Gasteiger charge is 2.43. The molecule has 1 aliphatic rings. The van der Waals surface area contributed by atoms with Crippen LogP contribution in [-0.4, -0.2) is 42.8 Å². The summed E-state index contributed by atoms with van der Waals surface area (Å²) in [6.45, 7) is 5.19. The van der Waals surface area contributed by atoms with Crippen LogP contribution in [0.3, 0.4) is 0 Å². The third kappa shape index (κ3) is 2.93. The lowest BCUT2D eigenvalue weighted by Crippen LogP contribution is -2.68. The van der Waals surface area contributed by atoms with E-state index in [0.717, 1.165) is 12.8 Å². The number of amides is 2. The van der Waals surface area contributed by atoms with Gasteiger partial charge in [-0.25, -0.2) is 4.79 Å². The number of likely N-dealkylation sites (tertiary alicyclic amines) is 1. The summed E-state index contributed by atoms with van der Waals surface area (Å²) in [7, 11) is 1.26. The van der Waals surface area contributed by atoms with Crippen LogP contribution in [0.1, 0.15) is 33.1 Å². The Kier molecular flexibility index (Phi) is 4.95. The molecule has 2 atom stereocenters. The van der Waals surface area contributed by atoms with E-state index in [1.807, 2.05) is 13.8 Å². The summed E-state index contributed by atoms with van der Waals surface area (Å²) in [5, 5.41) is 2.50. The molecule has 0 saturated carbocycles. The van der Waals surface area contributed by atoms with Crippen molar-refractivity contribution in [1.82, 2.24) is 10.2 Å². The molecular weight excluding hydrogens is 234 g/mol. The highest BCUT2D eigenvalue weighted by atomic mass is 16.5. The average molecular weight is 257 g/mol. The fourth-order valence-corrected chi connectivity index (χ4v) is 2.11. The van der Waals surface area contributed by atoms with Crippen molar-refractivity contribution in [3.8, 4) is 0 Å². The molecule has 1 fully saturated rings. The lowest BCUT2D eigenvalue weighted by molar-refractivity contribution is -0.139. The second-order valence-corrected chi connectivity index (χ2v) is 4.79. The van der Waals surface area contributed by atoms with Crippen molar-refractivity contribution < 1.29 is 14.3 Å². The van der Waals surface area contributed by atoms with Crippen LogP contribution in [0.15, 0.2) is 0 Å². The Balaban J connectivity index is 2.88. The van der Waals surface area contributed by atoms with Crippen molar-refractivity contribution in [1.29, 1.82) is 0 Å². The molecule has 6 nitrogen and oxygen atoms in total. The minimum absolute atomic E-state index is 0.162. The van der Waals surface area contributed by atoms with Crippen LogP contribution in [0.25, 0.3) is 0 Å².